The fourth-order valence-corrected chi connectivity index (χ4v) is 1.89. The number of carbonyl (C=O) groups excluding carboxylic acids is 1. The van der Waals surface area contributed by atoms with Crippen LogP contribution in [0.15, 0.2) is 30.5 Å². The first-order valence-electron chi connectivity index (χ1n) is 6.53. The second kappa shape index (κ2) is 5.88. The van der Waals surface area contributed by atoms with Crippen molar-refractivity contribution in [2.75, 3.05) is 6.54 Å². The molecule has 0 aliphatic heterocycles. The van der Waals surface area contributed by atoms with Gasteiger partial charge in [0.15, 0.2) is 0 Å². The molecular weight excluding hydrogens is 256 g/mol. The average Bonchev–Trinajstić information content (AvgIpc) is 2.44. The number of nitrogens with one attached hydrogen (secondary N) is 1. The highest BCUT2D eigenvalue weighted by atomic mass is 16.3. The van der Waals surface area contributed by atoms with E-state index in [9.17, 15) is 15.0 Å². The van der Waals surface area contributed by atoms with Crippen LogP contribution in [-0.2, 0) is 0 Å². The van der Waals surface area contributed by atoms with Crippen LogP contribution in [0.2, 0.25) is 0 Å². The lowest BCUT2D eigenvalue weighted by atomic mass is 10.1. The van der Waals surface area contributed by atoms with E-state index in [1.165, 1.54) is 6.20 Å². The molecule has 1 atom stereocenters. The molecule has 1 amide bonds. The number of rotatable bonds is 4. The lowest BCUT2D eigenvalue weighted by molar-refractivity contribution is 0.0870. The van der Waals surface area contributed by atoms with Gasteiger partial charge < -0.3 is 15.5 Å². The zero-order chi connectivity index (χ0) is 14.7. The molecule has 0 saturated carbocycles. The highest BCUT2D eigenvalue weighted by Crippen LogP contribution is 2.24. The van der Waals surface area contributed by atoms with Crippen LogP contribution in [-0.4, -0.2) is 33.8 Å². The minimum absolute atomic E-state index is 0.0538. The van der Waals surface area contributed by atoms with Crippen molar-refractivity contribution in [2.24, 2.45) is 5.92 Å². The van der Waals surface area contributed by atoms with Gasteiger partial charge in [-0.1, -0.05) is 32.0 Å². The molecule has 5 heteroatoms. The molecule has 106 valence electrons. The molecule has 0 spiro atoms. The molecule has 0 aliphatic rings. The summed E-state index contributed by atoms with van der Waals surface area (Å²) >= 11 is 0. The minimum Gasteiger partial charge on any atom is -0.505 e. The monoisotopic (exact) mass is 274 g/mol. The third kappa shape index (κ3) is 2.88. The highest BCUT2D eigenvalue weighted by Gasteiger charge is 2.17. The summed E-state index contributed by atoms with van der Waals surface area (Å²) in [5.41, 5.74) is 0.825. The number of amides is 1. The van der Waals surface area contributed by atoms with Crippen molar-refractivity contribution in [2.45, 2.75) is 20.0 Å². The Morgan fingerprint density at radius 3 is 2.75 bits per heavy atom. The minimum atomic E-state index is -0.616. The first kappa shape index (κ1) is 14.3. The van der Waals surface area contributed by atoms with Crippen LogP contribution >= 0.6 is 0 Å². The summed E-state index contributed by atoms with van der Waals surface area (Å²) in [7, 11) is 0. The lowest BCUT2D eigenvalue weighted by Crippen LogP contribution is -2.34. The van der Waals surface area contributed by atoms with Gasteiger partial charge in [-0.15, -0.1) is 0 Å². The SMILES string of the molecule is CC(C)C(O)CNC(=O)c1c(O)cnc2ccccc12. The van der Waals surface area contributed by atoms with Gasteiger partial charge in [0, 0.05) is 11.9 Å². The molecule has 0 fully saturated rings. The fourth-order valence-electron chi connectivity index (χ4n) is 1.89. The van der Waals surface area contributed by atoms with E-state index in [4.69, 9.17) is 0 Å². The van der Waals surface area contributed by atoms with Gasteiger partial charge in [0.1, 0.15) is 5.75 Å². The van der Waals surface area contributed by atoms with Crippen LogP contribution < -0.4 is 5.32 Å². The Balaban J connectivity index is 2.28. The number of fused-ring (bicyclic) bond motifs is 1. The van der Waals surface area contributed by atoms with Gasteiger partial charge in [-0.05, 0) is 12.0 Å². The van der Waals surface area contributed by atoms with Gasteiger partial charge in [-0.25, -0.2) is 0 Å². The van der Waals surface area contributed by atoms with E-state index in [2.05, 4.69) is 10.3 Å². The highest BCUT2D eigenvalue weighted by molar-refractivity contribution is 6.08. The Morgan fingerprint density at radius 1 is 1.35 bits per heavy atom. The van der Waals surface area contributed by atoms with Gasteiger partial charge in [-0.3, -0.25) is 9.78 Å². The third-order valence-corrected chi connectivity index (χ3v) is 3.22. The number of nitrogens with zero attached hydrogens (tertiary/aromatic N) is 1. The molecule has 0 aliphatic carbocycles. The van der Waals surface area contributed by atoms with Crippen LogP contribution in [0, 0.1) is 5.92 Å². The van der Waals surface area contributed by atoms with E-state index in [1.807, 2.05) is 19.9 Å². The predicted octanol–water partition coefficient (Wildman–Crippen LogP) is 1.69. The van der Waals surface area contributed by atoms with E-state index in [0.717, 1.165) is 0 Å². The van der Waals surface area contributed by atoms with Crippen molar-refractivity contribution in [3.8, 4) is 5.75 Å². The standard InChI is InChI=1S/C15H18N2O3/c1-9(2)12(18)7-17-15(20)14-10-5-3-4-6-11(10)16-8-13(14)19/h3-6,8-9,12,18-19H,7H2,1-2H3,(H,17,20). The lowest BCUT2D eigenvalue weighted by Gasteiger charge is -2.16. The zero-order valence-corrected chi connectivity index (χ0v) is 11.5. The molecule has 20 heavy (non-hydrogen) atoms. The molecule has 1 aromatic heterocycles. The molecule has 2 aromatic rings. The van der Waals surface area contributed by atoms with Crippen LogP contribution in [0.25, 0.3) is 10.9 Å². The smallest absolute Gasteiger partial charge is 0.255 e. The number of para-hydroxylation sites is 1. The molecule has 1 heterocycles. The van der Waals surface area contributed by atoms with Crippen molar-refractivity contribution < 1.29 is 15.0 Å². The number of aromatic hydroxyl groups is 1. The molecule has 5 nitrogen and oxygen atoms in total. The van der Waals surface area contributed by atoms with Crippen LogP contribution in [0.1, 0.15) is 24.2 Å². The molecule has 2 rings (SSSR count). The van der Waals surface area contributed by atoms with Crippen molar-refractivity contribution in [1.82, 2.24) is 10.3 Å². The summed E-state index contributed by atoms with van der Waals surface area (Å²) in [5, 5.41) is 22.8. The van der Waals surface area contributed by atoms with Crippen molar-refractivity contribution in [1.29, 1.82) is 0 Å². The number of hydrogen-bond acceptors (Lipinski definition) is 4. The van der Waals surface area contributed by atoms with Crippen LogP contribution in [0.5, 0.6) is 5.75 Å². The van der Waals surface area contributed by atoms with E-state index in [0.29, 0.717) is 10.9 Å². The summed E-state index contributed by atoms with van der Waals surface area (Å²) in [5.74, 6) is -0.529. The fraction of sp³-hybridized carbons (Fsp3) is 0.333. The largest absolute Gasteiger partial charge is 0.505 e. The molecule has 1 aromatic carbocycles. The van der Waals surface area contributed by atoms with Crippen LogP contribution in [0.3, 0.4) is 0 Å². The number of aliphatic hydroxyl groups is 1. The summed E-state index contributed by atoms with van der Waals surface area (Å²) in [6.45, 7) is 3.89. The molecule has 1 unspecified atom stereocenters. The number of benzene rings is 1. The predicted molar refractivity (Wildman–Crippen MR) is 76.6 cm³/mol. The zero-order valence-electron chi connectivity index (χ0n) is 11.5. The molecule has 0 radical (unpaired) electrons. The topological polar surface area (TPSA) is 82.5 Å². The number of hydrogen-bond donors (Lipinski definition) is 3. The second-order valence-corrected chi connectivity index (χ2v) is 5.06. The Kier molecular flexibility index (Phi) is 4.20. The number of pyridine rings is 1. The Morgan fingerprint density at radius 2 is 2.05 bits per heavy atom. The maximum atomic E-state index is 12.2. The molecule has 0 saturated heterocycles. The Labute approximate surface area is 117 Å². The first-order valence-corrected chi connectivity index (χ1v) is 6.53. The van der Waals surface area contributed by atoms with Gasteiger partial charge in [-0.2, -0.15) is 0 Å². The second-order valence-electron chi connectivity index (χ2n) is 5.06. The molecular formula is C15H18N2O3. The average molecular weight is 274 g/mol. The first-order chi connectivity index (χ1) is 9.50. The maximum Gasteiger partial charge on any atom is 0.255 e. The Hall–Kier alpha value is -2.14. The van der Waals surface area contributed by atoms with Gasteiger partial charge in [0.05, 0.1) is 23.4 Å². The van der Waals surface area contributed by atoms with Gasteiger partial charge in [0.2, 0.25) is 0 Å². The summed E-state index contributed by atoms with van der Waals surface area (Å²) in [6, 6.07) is 7.10. The van der Waals surface area contributed by atoms with Gasteiger partial charge >= 0.3 is 0 Å². The third-order valence-electron chi connectivity index (χ3n) is 3.22. The summed E-state index contributed by atoms with van der Waals surface area (Å²) in [6.07, 6.45) is 0.644. The van der Waals surface area contributed by atoms with Crippen molar-refractivity contribution in [3.63, 3.8) is 0 Å². The summed E-state index contributed by atoms with van der Waals surface area (Å²) < 4.78 is 0. The van der Waals surface area contributed by atoms with Crippen molar-refractivity contribution >= 4 is 16.8 Å². The number of carbonyl (C=O) groups is 1. The summed E-state index contributed by atoms with van der Waals surface area (Å²) in [4.78, 5) is 16.3. The van der Waals surface area contributed by atoms with Gasteiger partial charge in [0.25, 0.3) is 5.91 Å². The van der Waals surface area contributed by atoms with E-state index in [1.54, 1.807) is 18.2 Å². The number of aliphatic hydroxyl groups excluding tert-OH is 1. The molecule has 0 bridgehead atoms. The van der Waals surface area contributed by atoms with E-state index < -0.39 is 12.0 Å². The quantitative estimate of drug-likeness (QED) is 0.792. The maximum absolute atomic E-state index is 12.2. The van der Waals surface area contributed by atoms with Crippen LogP contribution in [0.4, 0.5) is 0 Å². The van der Waals surface area contributed by atoms with E-state index in [-0.39, 0.29) is 23.8 Å². The Bertz CT molecular complexity index is 626. The number of aromatic nitrogens is 1. The van der Waals surface area contributed by atoms with E-state index >= 15 is 0 Å². The van der Waals surface area contributed by atoms with Crippen molar-refractivity contribution in [3.05, 3.63) is 36.0 Å². The molecule has 3 N–H and O–H groups in total. The normalized spacial score (nSPS) is 12.6.